The van der Waals surface area contributed by atoms with Gasteiger partial charge < -0.3 is 16.4 Å². The Morgan fingerprint density at radius 2 is 1.73 bits per heavy atom. The smallest absolute Gasteiger partial charge is 0.243 e. The Bertz CT molecular complexity index is 480. The number of anilines is 1. The van der Waals surface area contributed by atoms with E-state index in [1.807, 2.05) is 13.8 Å². The van der Waals surface area contributed by atoms with Crippen LogP contribution in [0.3, 0.4) is 0 Å². The van der Waals surface area contributed by atoms with Crippen LogP contribution < -0.4 is 16.4 Å². The summed E-state index contributed by atoms with van der Waals surface area (Å²) in [6.07, 6.45) is 1.29. The Kier molecular flexibility index (Phi) is 9.09. The molecule has 0 bridgehead atoms. The molecule has 1 rings (SSSR count). The number of benzene rings is 1. The molecule has 22 heavy (non-hydrogen) atoms. The van der Waals surface area contributed by atoms with Crippen molar-refractivity contribution in [2.75, 3.05) is 18.4 Å². The third kappa shape index (κ3) is 5.48. The average Bonchev–Trinajstić information content (AvgIpc) is 2.50. The fourth-order valence-corrected chi connectivity index (χ4v) is 2.16. The predicted octanol–water partition coefficient (Wildman–Crippen LogP) is 2.58. The maximum absolute atomic E-state index is 12.2. The lowest BCUT2D eigenvalue weighted by atomic mass is 9.81. The molecule has 1 aromatic rings. The molecule has 1 aromatic carbocycles. The van der Waals surface area contributed by atoms with Crippen molar-refractivity contribution in [2.45, 2.75) is 26.7 Å². The highest BCUT2D eigenvalue weighted by Crippen LogP contribution is 2.24. The fourth-order valence-electron chi connectivity index (χ4n) is 2.04. The number of carbonyl (C=O) groups excluding carboxylic acids is 2. The van der Waals surface area contributed by atoms with Crippen molar-refractivity contribution < 1.29 is 9.59 Å². The first-order chi connectivity index (χ1) is 9.97. The summed E-state index contributed by atoms with van der Waals surface area (Å²) in [6, 6.07) is 6.77. The van der Waals surface area contributed by atoms with Gasteiger partial charge in [-0.05, 0) is 37.1 Å². The van der Waals surface area contributed by atoms with Crippen molar-refractivity contribution in [3.05, 3.63) is 29.3 Å². The van der Waals surface area contributed by atoms with Gasteiger partial charge in [-0.25, -0.2) is 0 Å². The van der Waals surface area contributed by atoms with Gasteiger partial charge in [0.1, 0.15) is 0 Å². The fraction of sp³-hybridized carbons (Fsp3) is 0.467. The van der Waals surface area contributed by atoms with Gasteiger partial charge in [0.15, 0.2) is 0 Å². The zero-order valence-corrected chi connectivity index (χ0v) is 14.4. The van der Waals surface area contributed by atoms with Gasteiger partial charge >= 0.3 is 0 Å². The Hall–Kier alpha value is -1.30. The lowest BCUT2D eigenvalue weighted by molar-refractivity contribution is -0.132. The summed E-state index contributed by atoms with van der Waals surface area (Å²) in [5.41, 5.74) is 5.74. The van der Waals surface area contributed by atoms with Gasteiger partial charge in [-0.1, -0.05) is 25.4 Å². The minimum atomic E-state index is -0.597. The monoisotopic (exact) mass is 347 g/mol. The van der Waals surface area contributed by atoms with Crippen molar-refractivity contribution >= 4 is 41.5 Å². The first-order valence-electron chi connectivity index (χ1n) is 7.01. The van der Waals surface area contributed by atoms with E-state index < -0.39 is 5.41 Å². The first-order valence-corrected chi connectivity index (χ1v) is 7.39. The standard InChI is InChI=1S/C15H22ClN3O2.ClH/c1-3-15(4-2,10-17)14(21)18-9-13(20)19-12-7-5-11(16)6-8-12;/h5-8H,3-4,9-10,17H2,1-2H3,(H,18,21)(H,19,20);1H. The number of hydrogen-bond donors (Lipinski definition) is 3. The first kappa shape index (κ1) is 20.7. The van der Waals surface area contributed by atoms with E-state index in [1.54, 1.807) is 24.3 Å². The van der Waals surface area contributed by atoms with Gasteiger partial charge in [0.05, 0.1) is 12.0 Å². The van der Waals surface area contributed by atoms with Gasteiger partial charge in [0, 0.05) is 17.3 Å². The molecule has 0 aliphatic heterocycles. The van der Waals surface area contributed by atoms with E-state index in [2.05, 4.69) is 10.6 Å². The van der Waals surface area contributed by atoms with Crippen molar-refractivity contribution in [3.63, 3.8) is 0 Å². The molecule has 0 aromatic heterocycles. The van der Waals surface area contributed by atoms with Crippen LogP contribution in [0.15, 0.2) is 24.3 Å². The number of halogens is 2. The maximum Gasteiger partial charge on any atom is 0.243 e. The second kappa shape index (κ2) is 9.66. The Balaban J connectivity index is 0.00000441. The summed E-state index contributed by atoms with van der Waals surface area (Å²) >= 11 is 5.77. The summed E-state index contributed by atoms with van der Waals surface area (Å²) in [6.45, 7) is 4.03. The normalized spacial score (nSPS) is 10.5. The van der Waals surface area contributed by atoms with Gasteiger partial charge in [0.2, 0.25) is 11.8 Å². The maximum atomic E-state index is 12.2. The van der Waals surface area contributed by atoms with Crippen LogP contribution in [0.1, 0.15) is 26.7 Å². The van der Waals surface area contributed by atoms with E-state index in [0.29, 0.717) is 23.6 Å². The van der Waals surface area contributed by atoms with Crippen molar-refractivity contribution in [3.8, 4) is 0 Å². The highest BCUT2D eigenvalue weighted by Gasteiger charge is 2.33. The van der Waals surface area contributed by atoms with Crippen LogP contribution in [0.25, 0.3) is 0 Å². The second-order valence-electron chi connectivity index (χ2n) is 4.93. The van der Waals surface area contributed by atoms with Crippen LogP contribution in [0.5, 0.6) is 0 Å². The molecule has 0 atom stereocenters. The van der Waals surface area contributed by atoms with E-state index in [1.165, 1.54) is 0 Å². The van der Waals surface area contributed by atoms with Crippen LogP contribution in [0, 0.1) is 5.41 Å². The lowest BCUT2D eigenvalue weighted by Crippen LogP contribution is -2.47. The molecule has 0 spiro atoms. The van der Waals surface area contributed by atoms with E-state index in [9.17, 15) is 9.59 Å². The topological polar surface area (TPSA) is 84.2 Å². The number of carbonyl (C=O) groups is 2. The summed E-state index contributed by atoms with van der Waals surface area (Å²) in [4.78, 5) is 24.0. The summed E-state index contributed by atoms with van der Waals surface area (Å²) in [7, 11) is 0. The molecule has 0 saturated carbocycles. The number of amides is 2. The van der Waals surface area contributed by atoms with Gasteiger partial charge in [0.25, 0.3) is 0 Å². The SMILES string of the molecule is CCC(CC)(CN)C(=O)NCC(=O)Nc1ccc(Cl)cc1.Cl. The lowest BCUT2D eigenvalue weighted by Gasteiger charge is -2.28. The van der Waals surface area contributed by atoms with Crippen LogP contribution in [-0.2, 0) is 9.59 Å². The van der Waals surface area contributed by atoms with Crippen molar-refractivity contribution in [1.29, 1.82) is 0 Å². The molecule has 0 radical (unpaired) electrons. The third-order valence-corrected chi connectivity index (χ3v) is 4.02. The zero-order chi connectivity index (χ0) is 15.9. The summed E-state index contributed by atoms with van der Waals surface area (Å²) in [5.74, 6) is -0.468. The summed E-state index contributed by atoms with van der Waals surface area (Å²) < 4.78 is 0. The molecular weight excluding hydrogens is 325 g/mol. The number of nitrogens with one attached hydrogen (secondary N) is 2. The number of rotatable bonds is 7. The van der Waals surface area contributed by atoms with Crippen molar-refractivity contribution in [2.24, 2.45) is 11.1 Å². The molecular formula is C15H23Cl2N3O2. The predicted molar refractivity (Wildman–Crippen MR) is 92.4 cm³/mol. The molecule has 124 valence electrons. The van der Waals surface area contributed by atoms with Gasteiger partial charge in [-0.3, -0.25) is 9.59 Å². The molecule has 0 fully saturated rings. The quantitative estimate of drug-likeness (QED) is 0.708. The van der Waals surface area contributed by atoms with E-state index in [0.717, 1.165) is 0 Å². The molecule has 2 amide bonds. The molecule has 0 aliphatic carbocycles. The molecule has 7 heteroatoms. The highest BCUT2D eigenvalue weighted by atomic mass is 35.5. The Labute approximate surface area is 142 Å². The minimum absolute atomic E-state index is 0. The Morgan fingerprint density at radius 3 is 2.18 bits per heavy atom. The average molecular weight is 348 g/mol. The van der Waals surface area contributed by atoms with Gasteiger partial charge in [-0.2, -0.15) is 0 Å². The molecule has 0 saturated heterocycles. The van der Waals surface area contributed by atoms with E-state index in [4.69, 9.17) is 17.3 Å². The second-order valence-corrected chi connectivity index (χ2v) is 5.37. The molecule has 0 unspecified atom stereocenters. The van der Waals surface area contributed by atoms with Crippen LogP contribution in [-0.4, -0.2) is 24.9 Å². The zero-order valence-electron chi connectivity index (χ0n) is 12.8. The Morgan fingerprint density at radius 1 is 1.18 bits per heavy atom. The minimum Gasteiger partial charge on any atom is -0.347 e. The summed E-state index contributed by atoms with van der Waals surface area (Å²) in [5, 5.41) is 5.93. The number of hydrogen-bond acceptors (Lipinski definition) is 3. The largest absolute Gasteiger partial charge is 0.347 e. The van der Waals surface area contributed by atoms with Crippen LogP contribution in [0.2, 0.25) is 5.02 Å². The van der Waals surface area contributed by atoms with E-state index in [-0.39, 0.29) is 37.3 Å². The van der Waals surface area contributed by atoms with Gasteiger partial charge in [-0.15, -0.1) is 12.4 Å². The molecule has 4 N–H and O–H groups in total. The molecule has 5 nitrogen and oxygen atoms in total. The third-order valence-electron chi connectivity index (χ3n) is 3.76. The molecule has 0 aliphatic rings. The number of nitrogens with two attached hydrogens (primary N) is 1. The molecule has 0 heterocycles. The van der Waals surface area contributed by atoms with E-state index >= 15 is 0 Å². The highest BCUT2D eigenvalue weighted by molar-refractivity contribution is 6.30. The van der Waals surface area contributed by atoms with Crippen molar-refractivity contribution in [1.82, 2.24) is 5.32 Å². The van der Waals surface area contributed by atoms with Crippen LogP contribution in [0.4, 0.5) is 5.69 Å². The van der Waals surface area contributed by atoms with Crippen LogP contribution >= 0.6 is 24.0 Å².